The Balaban J connectivity index is 2.25. The lowest BCUT2D eigenvalue weighted by molar-refractivity contribution is 0.543. The second-order valence-electron chi connectivity index (χ2n) is 4.18. The Morgan fingerprint density at radius 2 is 2.16 bits per heavy atom. The summed E-state index contributed by atoms with van der Waals surface area (Å²) in [5, 5.41) is 0. The van der Waals surface area contributed by atoms with E-state index in [9.17, 15) is 0 Å². The number of nitrogens with one attached hydrogen (secondary N) is 1. The Morgan fingerprint density at radius 3 is 2.84 bits per heavy atom. The first kappa shape index (κ1) is 14.5. The highest BCUT2D eigenvalue weighted by molar-refractivity contribution is 9.10. The molecule has 2 rings (SSSR count). The quantitative estimate of drug-likeness (QED) is 0.499. The normalized spacial score (nSPS) is 12.4. The molecule has 0 aliphatic rings. The molecule has 2 aromatic rings. The highest BCUT2D eigenvalue weighted by atomic mass is 79.9. The summed E-state index contributed by atoms with van der Waals surface area (Å²) in [6, 6.07) is 10.5. The van der Waals surface area contributed by atoms with E-state index in [2.05, 4.69) is 50.8 Å². The molecule has 0 saturated heterocycles. The van der Waals surface area contributed by atoms with E-state index in [1.807, 2.05) is 18.3 Å². The van der Waals surface area contributed by atoms with Crippen molar-refractivity contribution in [1.29, 1.82) is 0 Å². The number of hydrazine groups is 1. The molecule has 5 heteroatoms. The van der Waals surface area contributed by atoms with Gasteiger partial charge in [-0.05, 0) is 51.9 Å². The number of pyridine rings is 1. The number of nitrogens with zero attached hydrogens (tertiary/aromatic N) is 1. The van der Waals surface area contributed by atoms with E-state index in [4.69, 9.17) is 5.84 Å². The second kappa shape index (κ2) is 7.05. The Morgan fingerprint density at radius 1 is 1.37 bits per heavy atom. The van der Waals surface area contributed by atoms with Crippen molar-refractivity contribution in [2.75, 3.05) is 6.26 Å². The smallest absolute Gasteiger partial charge is 0.0511 e. The first-order chi connectivity index (χ1) is 9.24. The standard InChI is InChI=1S/C14H16BrN3S/c1-19-14-5-3-2-4-12(14)13(18-16)7-10-6-11(15)9-17-8-10/h2-6,8-9,13,18H,7,16H2,1H3. The predicted octanol–water partition coefficient (Wildman–Crippen LogP) is 3.31. The van der Waals surface area contributed by atoms with Gasteiger partial charge in [0, 0.05) is 21.8 Å². The predicted molar refractivity (Wildman–Crippen MR) is 83.9 cm³/mol. The lowest BCUT2D eigenvalue weighted by atomic mass is 10.0. The summed E-state index contributed by atoms with van der Waals surface area (Å²) in [4.78, 5) is 5.43. The van der Waals surface area contributed by atoms with Crippen molar-refractivity contribution in [2.24, 2.45) is 5.84 Å². The summed E-state index contributed by atoms with van der Waals surface area (Å²) in [6.07, 6.45) is 6.54. The maximum atomic E-state index is 5.72. The zero-order valence-electron chi connectivity index (χ0n) is 10.6. The van der Waals surface area contributed by atoms with Crippen LogP contribution in [0.25, 0.3) is 0 Å². The van der Waals surface area contributed by atoms with E-state index >= 15 is 0 Å². The maximum absolute atomic E-state index is 5.72. The number of hydrogen-bond donors (Lipinski definition) is 2. The number of hydrogen-bond acceptors (Lipinski definition) is 4. The summed E-state index contributed by atoms with van der Waals surface area (Å²) in [6.45, 7) is 0. The fourth-order valence-electron chi connectivity index (χ4n) is 2.02. The van der Waals surface area contributed by atoms with E-state index < -0.39 is 0 Å². The highest BCUT2D eigenvalue weighted by Crippen LogP contribution is 2.27. The molecule has 100 valence electrons. The minimum Gasteiger partial charge on any atom is -0.271 e. The molecule has 0 bridgehead atoms. The first-order valence-electron chi connectivity index (χ1n) is 5.93. The number of thioether (sulfide) groups is 1. The lowest BCUT2D eigenvalue weighted by Crippen LogP contribution is -2.30. The van der Waals surface area contributed by atoms with Crippen molar-refractivity contribution >= 4 is 27.7 Å². The SMILES string of the molecule is CSc1ccccc1C(Cc1cncc(Br)c1)NN. The number of nitrogens with two attached hydrogens (primary N) is 1. The third-order valence-electron chi connectivity index (χ3n) is 2.92. The molecule has 1 atom stereocenters. The van der Waals surface area contributed by atoms with Gasteiger partial charge in [-0.2, -0.15) is 0 Å². The van der Waals surface area contributed by atoms with Crippen molar-refractivity contribution in [2.45, 2.75) is 17.4 Å². The number of rotatable bonds is 5. The van der Waals surface area contributed by atoms with Crippen LogP contribution in [0.1, 0.15) is 17.2 Å². The Hall–Kier alpha value is -0.880. The lowest BCUT2D eigenvalue weighted by Gasteiger charge is -2.19. The van der Waals surface area contributed by atoms with Gasteiger partial charge >= 0.3 is 0 Å². The van der Waals surface area contributed by atoms with Crippen LogP contribution in [0.2, 0.25) is 0 Å². The molecular formula is C14H16BrN3S. The summed E-state index contributed by atoms with van der Waals surface area (Å²) in [5.74, 6) is 5.72. The first-order valence-corrected chi connectivity index (χ1v) is 7.95. The third-order valence-corrected chi connectivity index (χ3v) is 4.16. The summed E-state index contributed by atoms with van der Waals surface area (Å²) in [5.41, 5.74) is 5.27. The van der Waals surface area contributed by atoms with Gasteiger partial charge < -0.3 is 0 Å². The molecule has 0 aliphatic carbocycles. The Labute approximate surface area is 126 Å². The topological polar surface area (TPSA) is 50.9 Å². The van der Waals surface area contributed by atoms with Crippen molar-refractivity contribution in [3.05, 3.63) is 58.3 Å². The van der Waals surface area contributed by atoms with Gasteiger partial charge in [-0.3, -0.25) is 16.3 Å². The molecule has 1 aromatic heterocycles. The minimum absolute atomic E-state index is 0.0831. The van der Waals surface area contributed by atoms with Gasteiger partial charge in [0.2, 0.25) is 0 Å². The minimum atomic E-state index is 0.0831. The molecule has 0 radical (unpaired) electrons. The number of aromatic nitrogens is 1. The molecule has 1 unspecified atom stereocenters. The van der Waals surface area contributed by atoms with Crippen LogP contribution >= 0.6 is 27.7 Å². The molecule has 0 fully saturated rings. The molecule has 0 aliphatic heterocycles. The Kier molecular flexibility index (Phi) is 5.39. The zero-order chi connectivity index (χ0) is 13.7. The summed E-state index contributed by atoms with van der Waals surface area (Å²) >= 11 is 5.17. The van der Waals surface area contributed by atoms with Crippen molar-refractivity contribution in [3.63, 3.8) is 0 Å². The van der Waals surface area contributed by atoms with Gasteiger partial charge in [0.15, 0.2) is 0 Å². The summed E-state index contributed by atoms with van der Waals surface area (Å²) in [7, 11) is 0. The molecule has 1 heterocycles. The van der Waals surface area contributed by atoms with Crippen LogP contribution in [-0.2, 0) is 6.42 Å². The molecule has 3 nitrogen and oxygen atoms in total. The molecular weight excluding hydrogens is 322 g/mol. The number of benzene rings is 1. The van der Waals surface area contributed by atoms with Gasteiger partial charge in [0.05, 0.1) is 6.04 Å². The van der Waals surface area contributed by atoms with Crippen LogP contribution in [0.3, 0.4) is 0 Å². The molecule has 0 saturated carbocycles. The van der Waals surface area contributed by atoms with Crippen LogP contribution in [0.4, 0.5) is 0 Å². The van der Waals surface area contributed by atoms with E-state index in [0.717, 1.165) is 16.5 Å². The molecule has 0 spiro atoms. The van der Waals surface area contributed by atoms with Crippen LogP contribution < -0.4 is 11.3 Å². The Bertz CT molecular complexity index is 548. The van der Waals surface area contributed by atoms with Crippen molar-refractivity contribution in [3.8, 4) is 0 Å². The van der Waals surface area contributed by atoms with E-state index in [-0.39, 0.29) is 6.04 Å². The van der Waals surface area contributed by atoms with Crippen molar-refractivity contribution < 1.29 is 0 Å². The number of halogens is 1. The third kappa shape index (κ3) is 3.79. The van der Waals surface area contributed by atoms with Crippen LogP contribution in [0.5, 0.6) is 0 Å². The van der Waals surface area contributed by atoms with E-state index in [0.29, 0.717) is 0 Å². The fraction of sp³-hybridized carbons (Fsp3) is 0.214. The van der Waals surface area contributed by atoms with Gasteiger partial charge in [-0.1, -0.05) is 18.2 Å². The maximum Gasteiger partial charge on any atom is 0.0511 e. The monoisotopic (exact) mass is 337 g/mol. The van der Waals surface area contributed by atoms with Crippen LogP contribution in [0, 0.1) is 0 Å². The molecule has 3 N–H and O–H groups in total. The zero-order valence-corrected chi connectivity index (χ0v) is 13.0. The van der Waals surface area contributed by atoms with Gasteiger partial charge in [-0.25, -0.2) is 0 Å². The summed E-state index contributed by atoms with van der Waals surface area (Å²) < 4.78 is 0.985. The van der Waals surface area contributed by atoms with Gasteiger partial charge in [-0.15, -0.1) is 11.8 Å². The average Bonchev–Trinajstić information content (AvgIpc) is 2.45. The van der Waals surface area contributed by atoms with E-state index in [1.54, 1.807) is 18.0 Å². The highest BCUT2D eigenvalue weighted by Gasteiger charge is 2.14. The van der Waals surface area contributed by atoms with Crippen molar-refractivity contribution in [1.82, 2.24) is 10.4 Å². The largest absolute Gasteiger partial charge is 0.271 e. The fourth-order valence-corrected chi connectivity index (χ4v) is 3.09. The molecule has 1 aromatic carbocycles. The molecule has 0 amide bonds. The van der Waals surface area contributed by atoms with E-state index in [1.165, 1.54) is 10.5 Å². The van der Waals surface area contributed by atoms with Gasteiger partial charge in [0.25, 0.3) is 0 Å². The molecule has 19 heavy (non-hydrogen) atoms. The second-order valence-corrected chi connectivity index (χ2v) is 5.94. The average molecular weight is 338 g/mol. The van der Waals surface area contributed by atoms with Gasteiger partial charge in [0.1, 0.15) is 0 Å². The van der Waals surface area contributed by atoms with Crippen LogP contribution in [-0.4, -0.2) is 11.2 Å². The van der Waals surface area contributed by atoms with Crippen LogP contribution in [0.15, 0.2) is 52.1 Å².